The number of furan rings is 1. The first kappa shape index (κ1) is 18.1. The van der Waals surface area contributed by atoms with E-state index in [2.05, 4.69) is 10.3 Å². The van der Waals surface area contributed by atoms with Gasteiger partial charge in [-0.1, -0.05) is 24.3 Å². The second-order valence-corrected chi connectivity index (χ2v) is 6.72. The Kier molecular flexibility index (Phi) is 5.02. The number of ether oxygens (including phenoxy) is 1. The van der Waals surface area contributed by atoms with Gasteiger partial charge in [-0.3, -0.25) is 4.79 Å². The van der Waals surface area contributed by atoms with Crippen LogP contribution in [0.2, 0.25) is 0 Å². The van der Waals surface area contributed by atoms with E-state index in [1.807, 2.05) is 66.9 Å². The highest BCUT2D eigenvalue weighted by molar-refractivity contribution is 5.84. The molecule has 0 saturated carbocycles. The highest BCUT2D eigenvalue weighted by Gasteiger charge is 2.16. The quantitative estimate of drug-likeness (QED) is 0.517. The lowest BCUT2D eigenvalue weighted by Crippen LogP contribution is -2.27. The van der Waals surface area contributed by atoms with E-state index >= 15 is 0 Å². The highest BCUT2D eigenvalue weighted by atomic mass is 16.5. The molecular weight excluding hydrogens is 354 g/mol. The highest BCUT2D eigenvalue weighted by Crippen LogP contribution is 2.31. The van der Waals surface area contributed by atoms with Gasteiger partial charge in [0, 0.05) is 18.4 Å². The van der Waals surface area contributed by atoms with Gasteiger partial charge in [-0.25, -0.2) is 4.98 Å². The fourth-order valence-electron chi connectivity index (χ4n) is 3.33. The van der Waals surface area contributed by atoms with Crippen molar-refractivity contribution in [1.29, 1.82) is 0 Å². The SMILES string of the molecule is CCOc1cccc2cc(C(C)NC(=O)CCn3cnc4ccccc43)oc12. The van der Waals surface area contributed by atoms with Crippen molar-refractivity contribution in [1.82, 2.24) is 14.9 Å². The molecule has 1 N–H and O–H groups in total. The molecule has 28 heavy (non-hydrogen) atoms. The molecule has 6 nitrogen and oxygen atoms in total. The molecule has 144 valence electrons. The Bertz CT molecular complexity index is 1110. The number of hydrogen-bond acceptors (Lipinski definition) is 4. The number of aromatic nitrogens is 2. The predicted molar refractivity (Wildman–Crippen MR) is 108 cm³/mol. The number of nitrogens with one attached hydrogen (secondary N) is 1. The molecule has 6 heteroatoms. The number of amides is 1. The van der Waals surface area contributed by atoms with Crippen LogP contribution in [0.5, 0.6) is 5.75 Å². The first-order valence-corrected chi connectivity index (χ1v) is 9.50. The Morgan fingerprint density at radius 2 is 2.11 bits per heavy atom. The van der Waals surface area contributed by atoms with Gasteiger partial charge in [-0.15, -0.1) is 0 Å². The molecule has 0 spiro atoms. The van der Waals surface area contributed by atoms with E-state index in [1.54, 1.807) is 6.33 Å². The minimum absolute atomic E-state index is 0.0317. The summed E-state index contributed by atoms with van der Waals surface area (Å²) >= 11 is 0. The fraction of sp³-hybridized carbons (Fsp3) is 0.273. The Morgan fingerprint density at radius 3 is 2.96 bits per heavy atom. The molecule has 0 aliphatic rings. The summed E-state index contributed by atoms with van der Waals surface area (Å²) in [5, 5.41) is 3.98. The van der Waals surface area contributed by atoms with E-state index in [9.17, 15) is 4.79 Å². The number of benzene rings is 2. The average molecular weight is 377 g/mol. The smallest absolute Gasteiger partial charge is 0.222 e. The number of aryl methyl sites for hydroxylation is 1. The van der Waals surface area contributed by atoms with Gasteiger partial charge in [0.15, 0.2) is 11.3 Å². The number of fused-ring (bicyclic) bond motifs is 2. The summed E-state index contributed by atoms with van der Waals surface area (Å²) in [6.45, 7) is 5.01. The molecule has 1 unspecified atom stereocenters. The van der Waals surface area contributed by atoms with Crippen molar-refractivity contribution in [3.05, 3.63) is 60.6 Å². The predicted octanol–water partition coefficient (Wildman–Crippen LogP) is 4.45. The van der Waals surface area contributed by atoms with Crippen molar-refractivity contribution in [2.45, 2.75) is 32.9 Å². The lowest BCUT2D eigenvalue weighted by atomic mass is 10.2. The third kappa shape index (κ3) is 3.58. The monoisotopic (exact) mass is 377 g/mol. The van der Waals surface area contributed by atoms with E-state index in [0.717, 1.165) is 22.2 Å². The van der Waals surface area contributed by atoms with E-state index in [1.165, 1.54) is 0 Å². The van der Waals surface area contributed by atoms with Crippen LogP contribution in [0.4, 0.5) is 0 Å². The van der Waals surface area contributed by atoms with E-state index in [-0.39, 0.29) is 11.9 Å². The molecule has 2 aromatic carbocycles. The van der Waals surface area contributed by atoms with E-state index < -0.39 is 0 Å². The minimum atomic E-state index is -0.228. The maximum Gasteiger partial charge on any atom is 0.222 e. The molecule has 0 aliphatic carbocycles. The van der Waals surface area contributed by atoms with Gasteiger partial charge in [0.05, 0.1) is 30.0 Å². The van der Waals surface area contributed by atoms with Crippen molar-refractivity contribution in [3.63, 3.8) is 0 Å². The zero-order valence-electron chi connectivity index (χ0n) is 16.0. The Labute approximate surface area is 163 Å². The number of carbonyl (C=O) groups is 1. The summed E-state index contributed by atoms with van der Waals surface area (Å²) in [5.74, 6) is 1.40. The van der Waals surface area contributed by atoms with E-state index in [0.29, 0.717) is 30.9 Å². The minimum Gasteiger partial charge on any atom is -0.490 e. The van der Waals surface area contributed by atoms with Crippen LogP contribution in [0.25, 0.3) is 22.0 Å². The maximum atomic E-state index is 12.4. The number of hydrogen-bond donors (Lipinski definition) is 1. The largest absolute Gasteiger partial charge is 0.490 e. The van der Waals surface area contributed by atoms with Gasteiger partial charge >= 0.3 is 0 Å². The summed E-state index contributed by atoms with van der Waals surface area (Å²) in [6.07, 6.45) is 2.14. The average Bonchev–Trinajstić information content (AvgIpc) is 3.31. The molecule has 0 bridgehead atoms. The topological polar surface area (TPSA) is 69.3 Å². The van der Waals surface area contributed by atoms with Gasteiger partial charge in [0.25, 0.3) is 0 Å². The normalized spacial score (nSPS) is 12.4. The zero-order chi connectivity index (χ0) is 19.5. The lowest BCUT2D eigenvalue weighted by molar-refractivity contribution is -0.122. The third-order valence-corrected chi connectivity index (χ3v) is 4.74. The maximum absolute atomic E-state index is 12.4. The van der Waals surface area contributed by atoms with Crippen molar-refractivity contribution in [3.8, 4) is 5.75 Å². The van der Waals surface area contributed by atoms with E-state index in [4.69, 9.17) is 9.15 Å². The Balaban J connectivity index is 1.41. The number of rotatable bonds is 7. The standard InChI is InChI=1S/C22H23N3O3/c1-3-27-19-10-6-7-16-13-20(28-22(16)19)15(2)24-21(26)11-12-25-14-23-17-8-4-5-9-18(17)25/h4-10,13-15H,3,11-12H2,1-2H3,(H,24,26). The molecule has 0 radical (unpaired) electrons. The van der Waals surface area contributed by atoms with Crippen LogP contribution >= 0.6 is 0 Å². The summed E-state index contributed by atoms with van der Waals surface area (Å²) in [5.41, 5.74) is 2.68. The van der Waals surface area contributed by atoms with Crippen LogP contribution in [-0.4, -0.2) is 22.1 Å². The van der Waals surface area contributed by atoms with Crippen molar-refractivity contribution >= 4 is 27.9 Å². The molecule has 1 atom stereocenters. The summed E-state index contributed by atoms with van der Waals surface area (Å²) in [4.78, 5) is 16.8. The number of imidazole rings is 1. The lowest BCUT2D eigenvalue weighted by Gasteiger charge is -2.12. The molecular formula is C22H23N3O3. The van der Waals surface area contributed by atoms with Crippen molar-refractivity contribution in [2.75, 3.05) is 6.61 Å². The van der Waals surface area contributed by atoms with Crippen LogP contribution in [-0.2, 0) is 11.3 Å². The number of nitrogens with zero attached hydrogens (tertiary/aromatic N) is 2. The molecule has 4 aromatic rings. The molecule has 2 aromatic heterocycles. The molecule has 1 amide bonds. The van der Waals surface area contributed by atoms with Gasteiger partial charge in [-0.2, -0.15) is 0 Å². The number of carbonyl (C=O) groups excluding carboxylic acids is 1. The number of para-hydroxylation sites is 3. The zero-order valence-corrected chi connectivity index (χ0v) is 16.0. The van der Waals surface area contributed by atoms with Crippen LogP contribution < -0.4 is 10.1 Å². The summed E-state index contributed by atoms with van der Waals surface area (Å²) in [7, 11) is 0. The van der Waals surface area contributed by atoms with Crippen molar-refractivity contribution < 1.29 is 13.9 Å². The van der Waals surface area contributed by atoms with Gasteiger partial charge in [-0.05, 0) is 38.1 Å². The molecule has 0 aliphatic heterocycles. The summed E-state index contributed by atoms with van der Waals surface area (Å²) in [6, 6.07) is 15.4. The van der Waals surface area contributed by atoms with Gasteiger partial charge in [0.1, 0.15) is 5.76 Å². The summed E-state index contributed by atoms with van der Waals surface area (Å²) < 4.78 is 13.6. The van der Waals surface area contributed by atoms with Crippen molar-refractivity contribution in [2.24, 2.45) is 0 Å². The Morgan fingerprint density at radius 1 is 1.25 bits per heavy atom. The third-order valence-electron chi connectivity index (χ3n) is 4.74. The second kappa shape index (κ2) is 7.76. The van der Waals surface area contributed by atoms with Crippen LogP contribution in [0.1, 0.15) is 32.1 Å². The van der Waals surface area contributed by atoms with Gasteiger partial charge in [0.2, 0.25) is 5.91 Å². The van der Waals surface area contributed by atoms with Crippen LogP contribution in [0, 0.1) is 0 Å². The van der Waals surface area contributed by atoms with Crippen LogP contribution in [0.15, 0.2) is 59.3 Å². The first-order chi connectivity index (χ1) is 13.7. The fourth-order valence-corrected chi connectivity index (χ4v) is 3.33. The second-order valence-electron chi connectivity index (χ2n) is 6.72. The first-order valence-electron chi connectivity index (χ1n) is 9.50. The van der Waals surface area contributed by atoms with Gasteiger partial charge < -0.3 is 19.0 Å². The Hall–Kier alpha value is -3.28. The molecule has 4 rings (SSSR count). The molecule has 0 fully saturated rings. The molecule has 2 heterocycles. The molecule has 0 saturated heterocycles. The van der Waals surface area contributed by atoms with Crippen LogP contribution in [0.3, 0.4) is 0 Å².